The molecule has 3 heterocycles. The number of aromatic nitrogens is 2. The Hall–Kier alpha value is -3.18. The Labute approximate surface area is 166 Å². The predicted octanol–water partition coefficient (Wildman–Crippen LogP) is 3.54. The van der Waals surface area contributed by atoms with E-state index in [1.165, 1.54) is 11.3 Å². The van der Waals surface area contributed by atoms with Crippen LogP contribution in [0.4, 0.5) is 0 Å². The summed E-state index contributed by atoms with van der Waals surface area (Å²) in [5.41, 5.74) is 2.73. The van der Waals surface area contributed by atoms with Gasteiger partial charge >= 0.3 is 5.97 Å². The van der Waals surface area contributed by atoms with Crippen LogP contribution in [0.1, 0.15) is 44.1 Å². The van der Waals surface area contributed by atoms with Gasteiger partial charge in [0.05, 0.1) is 24.4 Å². The molecule has 3 rings (SSSR count). The van der Waals surface area contributed by atoms with E-state index in [0.29, 0.717) is 17.1 Å². The lowest BCUT2D eigenvalue weighted by molar-refractivity contribution is -0.122. The molecule has 3 aromatic heterocycles. The summed E-state index contributed by atoms with van der Waals surface area (Å²) in [7, 11) is 0. The Morgan fingerprint density at radius 2 is 2.18 bits per heavy atom. The Kier molecular flexibility index (Phi) is 5.76. The van der Waals surface area contributed by atoms with Gasteiger partial charge in [-0.1, -0.05) is 0 Å². The topological polar surface area (TPSA) is 98.1 Å². The lowest BCUT2D eigenvalue weighted by Crippen LogP contribution is -2.20. The van der Waals surface area contributed by atoms with Crippen LogP contribution in [0, 0.1) is 32.1 Å². The van der Waals surface area contributed by atoms with Crippen molar-refractivity contribution in [3.05, 3.63) is 63.3 Å². The summed E-state index contributed by atoms with van der Waals surface area (Å²) >= 11 is 1.24. The molecule has 28 heavy (non-hydrogen) atoms. The summed E-state index contributed by atoms with van der Waals surface area (Å²) in [6.45, 7) is 5.50. The first-order valence-electron chi connectivity index (χ1n) is 8.61. The molecule has 0 spiro atoms. The number of hydrogen-bond acceptors (Lipinski definition) is 7. The minimum absolute atomic E-state index is 0.385. The van der Waals surface area contributed by atoms with Gasteiger partial charge in [-0.05, 0) is 39.0 Å². The zero-order valence-corrected chi connectivity index (χ0v) is 16.6. The summed E-state index contributed by atoms with van der Waals surface area (Å²) in [5, 5.41) is 11.5. The molecule has 8 heteroatoms. The van der Waals surface area contributed by atoms with Crippen LogP contribution in [-0.4, -0.2) is 27.9 Å². The minimum atomic E-state index is -1.03. The largest absolute Gasteiger partial charge is 0.467 e. The van der Waals surface area contributed by atoms with Gasteiger partial charge < -0.3 is 13.7 Å². The summed E-state index contributed by atoms with van der Waals surface area (Å²) < 4.78 is 12.5. The molecule has 0 aliphatic heterocycles. The van der Waals surface area contributed by atoms with Crippen molar-refractivity contribution in [1.29, 1.82) is 5.26 Å². The van der Waals surface area contributed by atoms with Gasteiger partial charge in [0, 0.05) is 22.5 Å². The highest BCUT2D eigenvalue weighted by atomic mass is 32.1. The van der Waals surface area contributed by atoms with E-state index in [2.05, 4.69) is 4.98 Å². The number of carbonyl (C=O) groups excluding carboxylic acids is 2. The van der Waals surface area contributed by atoms with Gasteiger partial charge in [0.15, 0.2) is 18.3 Å². The Morgan fingerprint density at radius 1 is 1.39 bits per heavy atom. The van der Waals surface area contributed by atoms with E-state index in [4.69, 9.17) is 9.15 Å². The number of furan rings is 1. The van der Waals surface area contributed by atoms with Crippen molar-refractivity contribution >= 4 is 23.1 Å². The number of rotatable bonds is 7. The summed E-state index contributed by atoms with van der Waals surface area (Å²) in [6.07, 6.45) is 1.60. The van der Waals surface area contributed by atoms with Crippen molar-refractivity contribution in [3.8, 4) is 6.07 Å². The maximum atomic E-state index is 12.5. The first-order valence-corrected chi connectivity index (χ1v) is 9.49. The first kappa shape index (κ1) is 19.6. The third-order valence-corrected chi connectivity index (χ3v) is 5.40. The van der Waals surface area contributed by atoms with Crippen molar-refractivity contribution in [1.82, 2.24) is 9.55 Å². The molecule has 7 nitrogen and oxygen atoms in total. The van der Waals surface area contributed by atoms with Gasteiger partial charge in [-0.25, -0.2) is 9.78 Å². The maximum Gasteiger partial charge on any atom is 0.340 e. The van der Waals surface area contributed by atoms with Crippen molar-refractivity contribution < 1.29 is 18.7 Å². The number of aryl methyl sites for hydroxylation is 2. The first-order chi connectivity index (χ1) is 13.4. The summed E-state index contributed by atoms with van der Waals surface area (Å²) in [4.78, 5) is 29.0. The standard InChI is InChI=1S/C20H19N3O4S/c1-12-11-28-19(22-12)17(8-21)18(24)10-27-20(25)16-7-13(2)23(14(16)3)9-15-5-4-6-26-15/h4-7,11,17H,9-10H2,1-3H3/t17-/m0/s1. The smallest absolute Gasteiger partial charge is 0.340 e. The zero-order valence-electron chi connectivity index (χ0n) is 15.8. The van der Waals surface area contributed by atoms with E-state index in [0.717, 1.165) is 22.8 Å². The number of carbonyl (C=O) groups is 2. The molecule has 0 aliphatic rings. The van der Waals surface area contributed by atoms with Crippen LogP contribution in [-0.2, 0) is 16.1 Å². The highest BCUT2D eigenvalue weighted by Crippen LogP contribution is 2.22. The molecule has 0 N–H and O–H groups in total. The fraction of sp³-hybridized carbons (Fsp3) is 0.300. The lowest BCUT2D eigenvalue weighted by Gasteiger charge is -2.09. The second-order valence-electron chi connectivity index (χ2n) is 6.38. The molecule has 0 bridgehead atoms. The summed E-state index contributed by atoms with van der Waals surface area (Å²) in [5.74, 6) is -1.35. The van der Waals surface area contributed by atoms with Crippen LogP contribution in [0.2, 0.25) is 0 Å². The molecule has 0 aliphatic carbocycles. The van der Waals surface area contributed by atoms with E-state index < -0.39 is 24.3 Å². The molecule has 0 aromatic carbocycles. The molecule has 0 saturated carbocycles. The number of nitriles is 1. The van der Waals surface area contributed by atoms with E-state index in [1.54, 1.807) is 30.7 Å². The fourth-order valence-corrected chi connectivity index (χ4v) is 3.74. The van der Waals surface area contributed by atoms with E-state index in [-0.39, 0.29) is 0 Å². The zero-order chi connectivity index (χ0) is 20.3. The molecule has 0 unspecified atom stereocenters. The molecule has 3 aromatic rings. The van der Waals surface area contributed by atoms with Crippen LogP contribution >= 0.6 is 11.3 Å². The average Bonchev–Trinajstić information content (AvgIpc) is 3.39. The van der Waals surface area contributed by atoms with E-state index in [1.807, 2.05) is 30.6 Å². The van der Waals surface area contributed by atoms with Crippen molar-refractivity contribution in [2.75, 3.05) is 6.61 Å². The Balaban J connectivity index is 1.68. The van der Waals surface area contributed by atoms with E-state index >= 15 is 0 Å². The van der Waals surface area contributed by atoms with Gasteiger partial charge in [0.2, 0.25) is 0 Å². The Morgan fingerprint density at radius 3 is 2.79 bits per heavy atom. The van der Waals surface area contributed by atoms with Crippen molar-refractivity contribution in [3.63, 3.8) is 0 Å². The van der Waals surface area contributed by atoms with Gasteiger partial charge in [-0.3, -0.25) is 4.79 Å². The molecule has 144 valence electrons. The van der Waals surface area contributed by atoms with Gasteiger partial charge in [0.25, 0.3) is 0 Å². The normalized spacial score (nSPS) is 11.8. The van der Waals surface area contributed by atoms with Crippen LogP contribution in [0.15, 0.2) is 34.3 Å². The highest BCUT2D eigenvalue weighted by molar-refractivity contribution is 7.09. The highest BCUT2D eigenvalue weighted by Gasteiger charge is 2.25. The number of esters is 1. The summed E-state index contributed by atoms with van der Waals surface area (Å²) in [6, 6.07) is 7.32. The van der Waals surface area contributed by atoms with E-state index in [9.17, 15) is 14.9 Å². The fourth-order valence-electron chi connectivity index (χ4n) is 2.88. The number of hydrogen-bond donors (Lipinski definition) is 0. The SMILES string of the molecule is Cc1csc([C@@H](C#N)C(=O)COC(=O)c2cc(C)n(Cc3ccco3)c2C)n1. The van der Waals surface area contributed by atoms with Crippen LogP contribution < -0.4 is 0 Å². The Bertz CT molecular complexity index is 1040. The molecular formula is C20H19N3O4S. The maximum absolute atomic E-state index is 12.5. The van der Waals surface area contributed by atoms with Gasteiger partial charge in [-0.15, -0.1) is 11.3 Å². The molecule has 1 atom stereocenters. The van der Waals surface area contributed by atoms with Crippen LogP contribution in [0.5, 0.6) is 0 Å². The molecule has 0 fully saturated rings. The second kappa shape index (κ2) is 8.23. The quantitative estimate of drug-likeness (QED) is 0.566. The number of thiazole rings is 1. The van der Waals surface area contributed by atoms with Crippen LogP contribution in [0.25, 0.3) is 0 Å². The number of ketones is 1. The monoisotopic (exact) mass is 397 g/mol. The van der Waals surface area contributed by atoms with Crippen molar-refractivity contribution in [2.45, 2.75) is 33.2 Å². The molecule has 0 amide bonds. The molecule has 0 radical (unpaired) electrons. The number of ether oxygens (including phenoxy) is 1. The lowest BCUT2D eigenvalue weighted by atomic mass is 10.1. The number of Topliss-reactive ketones (excluding diaryl/α,β-unsaturated/α-hetero) is 1. The molecule has 0 saturated heterocycles. The third-order valence-electron chi connectivity index (χ3n) is 4.37. The van der Waals surface area contributed by atoms with Crippen LogP contribution in [0.3, 0.4) is 0 Å². The third kappa shape index (κ3) is 4.05. The van der Waals surface area contributed by atoms with Gasteiger partial charge in [-0.2, -0.15) is 5.26 Å². The minimum Gasteiger partial charge on any atom is -0.467 e. The van der Waals surface area contributed by atoms with Gasteiger partial charge in [0.1, 0.15) is 10.8 Å². The second-order valence-corrected chi connectivity index (χ2v) is 7.27. The predicted molar refractivity (Wildman–Crippen MR) is 102 cm³/mol. The average molecular weight is 397 g/mol. The molecular weight excluding hydrogens is 378 g/mol. The number of nitrogens with zero attached hydrogens (tertiary/aromatic N) is 3. The van der Waals surface area contributed by atoms with Crippen molar-refractivity contribution in [2.24, 2.45) is 0 Å².